The van der Waals surface area contributed by atoms with E-state index in [9.17, 15) is 0 Å². The molecule has 15 rings (SSSR count). The Labute approximate surface area is 398 Å². The summed E-state index contributed by atoms with van der Waals surface area (Å²) in [6, 6.07) is 88.8. The summed E-state index contributed by atoms with van der Waals surface area (Å²) in [7, 11) is 0. The van der Waals surface area contributed by atoms with E-state index < -0.39 is 5.41 Å². The predicted octanol–water partition coefficient (Wildman–Crippen LogP) is 16.0. The minimum atomic E-state index is -0.554. The molecule has 69 heavy (non-hydrogen) atoms. The summed E-state index contributed by atoms with van der Waals surface area (Å²) in [6.45, 7) is 0. The van der Waals surface area contributed by atoms with Gasteiger partial charge in [0.25, 0.3) is 0 Å². The van der Waals surface area contributed by atoms with Crippen LogP contribution in [0.1, 0.15) is 22.3 Å². The second-order valence-electron chi connectivity index (χ2n) is 18.4. The average molecular weight is 877 g/mol. The molecule has 11 aromatic carbocycles. The maximum atomic E-state index is 5.36. The van der Waals surface area contributed by atoms with Crippen molar-refractivity contribution in [3.8, 4) is 67.5 Å². The smallest absolute Gasteiger partial charge is 0.145 e. The summed E-state index contributed by atoms with van der Waals surface area (Å²) >= 11 is 0. The zero-order chi connectivity index (χ0) is 45.2. The monoisotopic (exact) mass is 876 g/mol. The molecule has 13 aromatic rings. The highest BCUT2D eigenvalue weighted by molar-refractivity contribution is 6.18. The van der Waals surface area contributed by atoms with Gasteiger partial charge in [-0.15, -0.1) is 0 Å². The fraction of sp³-hybridized carbons (Fsp3) is 0.0154. The Kier molecular flexibility index (Phi) is 7.96. The van der Waals surface area contributed by atoms with E-state index in [1.165, 1.54) is 66.4 Å². The van der Waals surface area contributed by atoms with Crippen molar-refractivity contribution in [2.24, 2.45) is 0 Å². The second-order valence-corrected chi connectivity index (χ2v) is 18.4. The highest BCUT2D eigenvalue weighted by Crippen LogP contribution is 2.65. The first-order valence-corrected chi connectivity index (χ1v) is 23.8. The topological polar surface area (TPSA) is 35.6 Å². The van der Waals surface area contributed by atoms with Crippen LogP contribution in [0.5, 0.6) is 0 Å². The number of para-hydroxylation sites is 4. The average Bonchev–Trinajstić information content (AvgIpc) is 4.16. The van der Waals surface area contributed by atoms with E-state index in [2.05, 4.69) is 252 Å². The Hall–Kier alpha value is -9.12. The SMILES string of the molecule is c1ccc(-c2nc3ccccc3n2-c2cccc3c(-c4cccc5c4C4(c6ccccc6-c6ccccc64)c4ccccc4-5)c4cccc(-n5c(-c6ccccc6)nc6ccccc65)c4cc23)cc1. The van der Waals surface area contributed by atoms with E-state index in [0.717, 1.165) is 67.0 Å². The normalized spacial score (nSPS) is 13.0. The van der Waals surface area contributed by atoms with Crippen LogP contribution < -0.4 is 0 Å². The maximum Gasteiger partial charge on any atom is 0.145 e. The molecule has 0 saturated heterocycles. The van der Waals surface area contributed by atoms with Gasteiger partial charge in [-0.05, 0) is 109 Å². The lowest BCUT2D eigenvalue weighted by Crippen LogP contribution is -2.26. The van der Waals surface area contributed by atoms with Crippen molar-refractivity contribution in [1.82, 2.24) is 19.1 Å². The summed E-state index contributed by atoms with van der Waals surface area (Å²) < 4.78 is 4.76. The molecule has 4 heteroatoms. The van der Waals surface area contributed by atoms with Crippen LogP contribution in [-0.2, 0) is 5.41 Å². The van der Waals surface area contributed by atoms with Gasteiger partial charge in [-0.2, -0.15) is 0 Å². The summed E-state index contributed by atoms with van der Waals surface area (Å²) in [4.78, 5) is 10.7. The molecule has 1 spiro atoms. The molecule has 0 unspecified atom stereocenters. The van der Waals surface area contributed by atoms with Gasteiger partial charge < -0.3 is 0 Å². The Morgan fingerprint density at radius 3 is 1.20 bits per heavy atom. The van der Waals surface area contributed by atoms with Crippen molar-refractivity contribution in [2.75, 3.05) is 0 Å². The van der Waals surface area contributed by atoms with Gasteiger partial charge in [0, 0.05) is 21.9 Å². The lowest BCUT2D eigenvalue weighted by Gasteiger charge is -2.32. The highest BCUT2D eigenvalue weighted by Gasteiger charge is 2.52. The maximum absolute atomic E-state index is 5.36. The Bertz CT molecular complexity index is 4010. The molecule has 0 aliphatic heterocycles. The Morgan fingerprint density at radius 1 is 0.304 bits per heavy atom. The van der Waals surface area contributed by atoms with Gasteiger partial charge in [0.15, 0.2) is 0 Å². The molecule has 2 aromatic heterocycles. The third-order valence-electron chi connectivity index (χ3n) is 14.9. The first-order chi connectivity index (χ1) is 34.3. The summed E-state index contributed by atoms with van der Waals surface area (Å²) in [5.41, 5.74) is 20.6. The van der Waals surface area contributed by atoms with E-state index in [1.54, 1.807) is 0 Å². The Morgan fingerprint density at radius 2 is 0.696 bits per heavy atom. The van der Waals surface area contributed by atoms with Crippen LogP contribution in [0.25, 0.3) is 111 Å². The molecule has 2 aliphatic rings. The predicted molar refractivity (Wildman–Crippen MR) is 283 cm³/mol. The summed E-state index contributed by atoms with van der Waals surface area (Å²) in [6.07, 6.45) is 0. The lowest BCUT2D eigenvalue weighted by molar-refractivity contribution is 0.796. The van der Waals surface area contributed by atoms with Crippen molar-refractivity contribution in [3.05, 3.63) is 265 Å². The van der Waals surface area contributed by atoms with Crippen molar-refractivity contribution in [1.29, 1.82) is 0 Å². The molecular weight excluding hydrogens is 837 g/mol. The molecule has 320 valence electrons. The highest BCUT2D eigenvalue weighted by atomic mass is 15.1. The third kappa shape index (κ3) is 5.17. The van der Waals surface area contributed by atoms with Crippen molar-refractivity contribution < 1.29 is 0 Å². The number of hydrogen-bond acceptors (Lipinski definition) is 2. The van der Waals surface area contributed by atoms with Crippen molar-refractivity contribution in [2.45, 2.75) is 5.41 Å². The zero-order valence-corrected chi connectivity index (χ0v) is 37.4. The summed E-state index contributed by atoms with van der Waals surface area (Å²) in [5, 5.41) is 4.61. The van der Waals surface area contributed by atoms with Gasteiger partial charge in [0.05, 0.1) is 38.9 Å². The van der Waals surface area contributed by atoms with E-state index >= 15 is 0 Å². The minimum Gasteiger partial charge on any atom is -0.292 e. The largest absolute Gasteiger partial charge is 0.292 e. The first kappa shape index (κ1) is 38.0. The van der Waals surface area contributed by atoms with Gasteiger partial charge in [-0.25, -0.2) is 9.97 Å². The van der Waals surface area contributed by atoms with Crippen LogP contribution in [-0.4, -0.2) is 19.1 Å². The van der Waals surface area contributed by atoms with Crippen LogP contribution in [0.2, 0.25) is 0 Å². The van der Waals surface area contributed by atoms with Crippen LogP contribution in [0, 0.1) is 0 Å². The van der Waals surface area contributed by atoms with Crippen LogP contribution in [0.3, 0.4) is 0 Å². The second kappa shape index (κ2) is 14.4. The number of nitrogens with zero attached hydrogens (tertiary/aromatic N) is 4. The van der Waals surface area contributed by atoms with Crippen LogP contribution in [0.4, 0.5) is 0 Å². The standard InChI is InChI=1S/C65H40N4/c1-3-20-41(21-4-1)63-66-55-34-13-15-36-59(55)68(63)57-38-18-27-46-50(57)40-51-47(28-19-39-58(51)69-60-37-16-14-35-56(60)67-64(69)42-22-5-2-6-23-42)61(46)49-30-17-29-48-45-26-9-12-33-54(45)65(62(48)49)52-31-10-7-24-43(52)44-25-8-11-32-53(44)65/h1-40H. The van der Waals surface area contributed by atoms with Gasteiger partial charge in [0.2, 0.25) is 0 Å². The van der Waals surface area contributed by atoms with E-state index in [-0.39, 0.29) is 0 Å². The molecule has 0 amide bonds. The van der Waals surface area contributed by atoms with Gasteiger partial charge in [-0.3, -0.25) is 9.13 Å². The zero-order valence-electron chi connectivity index (χ0n) is 37.4. The van der Waals surface area contributed by atoms with E-state index in [4.69, 9.17) is 9.97 Å². The van der Waals surface area contributed by atoms with E-state index in [0.29, 0.717) is 0 Å². The molecular formula is C65H40N4. The van der Waals surface area contributed by atoms with Gasteiger partial charge >= 0.3 is 0 Å². The molecule has 0 N–H and O–H groups in total. The quantitative estimate of drug-likeness (QED) is 0.162. The van der Waals surface area contributed by atoms with Gasteiger partial charge in [0.1, 0.15) is 11.6 Å². The molecule has 0 atom stereocenters. The number of aromatic nitrogens is 4. The molecule has 0 saturated carbocycles. The molecule has 0 radical (unpaired) electrons. The van der Waals surface area contributed by atoms with Crippen molar-refractivity contribution in [3.63, 3.8) is 0 Å². The molecule has 0 fully saturated rings. The van der Waals surface area contributed by atoms with Gasteiger partial charge in [-0.1, -0.05) is 200 Å². The number of benzene rings is 11. The number of fused-ring (bicyclic) bond motifs is 14. The number of rotatable bonds is 5. The molecule has 2 heterocycles. The Balaban J connectivity index is 1.13. The molecule has 0 bridgehead atoms. The first-order valence-electron chi connectivity index (χ1n) is 23.8. The lowest BCUT2D eigenvalue weighted by atomic mass is 9.68. The van der Waals surface area contributed by atoms with Crippen molar-refractivity contribution >= 4 is 43.6 Å². The molecule has 2 aliphatic carbocycles. The number of hydrogen-bond donors (Lipinski definition) is 0. The fourth-order valence-electron chi connectivity index (χ4n) is 12.3. The van der Waals surface area contributed by atoms with E-state index in [1.807, 2.05) is 0 Å². The summed E-state index contributed by atoms with van der Waals surface area (Å²) in [5.74, 6) is 1.81. The molecule has 4 nitrogen and oxygen atoms in total. The third-order valence-corrected chi connectivity index (χ3v) is 14.9. The van der Waals surface area contributed by atoms with Crippen LogP contribution >= 0.6 is 0 Å². The number of imidazole rings is 2. The fourth-order valence-corrected chi connectivity index (χ4v) is 12.3. The van der Waals surface area contributed by atoms with Crippen LogP contribution in [0.15, 0.2) is 243 Å². The minimum absolute atomic E-state index is 0.554.